The average Bonchev–Trinajstić information content (AvgIpc) is 3.22. The molecule has 0 saturated heterocycles. The highest BCUT2D eigenvalue weighted by molar-refractivity contribution is 7.22. The number of aromatic nitrogens is 1. The number of fused-ring (bicyclic) bond motifs is 8. The zero-order valence-electron chi connectivity index (χ0n) is 19.0. The van der Waals surface area contributed by atoms with Crippen molar-refractivity contribution in [2.75, 3.05) is 0 Å². The smallest absolute Gasteiger partial charge is 0.203 e. The minimum Gasteiger partial charge on any atom is -0.264 e. The molecule has 1 nitrogen and oxygen atoms in total. The topological polar surface area (TPSA) is 12.9 Å². The zero-order chi connectivity index (χ0) is 22.7. The van der Waals surface area contributed by atoms with Crippen molar-refractivity contribution in [2.24, 2.45) is 0 Å². The van der Waals surface area contributed by atoms with E-state index in [0.29, 0.717) is 0 Å². The van der Waals surface area contributed by atoms with Crippen LogP contribution >= 0.6 is 0 Å². The first-order chi connectivity index (χ1) is 16.8. The molecule has 0 atom stereocenters. The summed E-state index contributed by atoms with van der Waals surface area (Å²) >= 11 is 0. The molecule has 2 heterocycles. The van der Waals surface area contributed by atoms with E-state index in [1.54, 1.807) is 0 Å². The molecule has 0 saturated carbocycles. The second-order valence-corrected chi connectivity index (χ2v) is 12.9. The van der Waals surface area contributed by atoms with Gasteiger partial charge in [-0.3, -0.25) is 4.98 Å². The Bertz CT molecular complexity index is 1670. The van der Waals surface area contributed by atoms with Gasteiger partial charge < -0.3 is 0 Å². The van der Waals surface area contributed by atoms with E-state index in [0.717, 1.165) is 0 Å². The van der Waals surface area contributed by atoms with Crippen LogP contribution in [-0.2, 0) is 0 Å². The van der Waals surface area contributed by atoms with Crippen LogP contribution in [0, 0.1) is 6.92 Å². The lowest BCUT2D eigenvalue weighted by molar-refractivity contribution is 1.39. The fraction of sp³-hybridized carbons (Fsp3) is 0.0312. The van der Waals surface area contributed by atoms with Crippen molar-refractivity contribution in [3.8, 4) is 11.1 Å². The van der Waals surface area contributed by atoms with Gasteiger partial charge in [-0.1, -0.05) is 115 Å². The van der Waals surface area contributed by atoms with Crippen molar-refractivity contribution in [1.29, 1.82) is 0 Å². The quantitative estimate of drug-likeness (QED) is 0.266. The minimum atomic E-state index is -2.64. The van der Waals surface area contributed by atoms with Gasteiger partial charge in [0.25, 0.3) is 0 Å². The van der Waals surface area contributed by atoms with Gasteiger partial charge in [0.05, 0.1) is 0 Å². The summed E-state index contributed by atoms with van der Waals surface area (Å²) < 4.78 is 0. The van der Waals surface area contributed by atoms with Gasteiger partial charge in [0.2, 0.25) is 8.07 Å². The second-order valence-electron chi connectivity index (χ2n) is 9.23. The van der Waals surface area contributed by atoms with E-state index in [1.165, 1.54) is 59.1 Å². The summed E-state index contributed by atoms with van der Waals surface area (Å²) in [5.41, 5.74) is 3.95. The Labute approximate surface area is 200 Å². The molecule has 160 valence electrons. The van der Waals surface area contributed by atoms with Crippen molar-refractivity contribution < 1.29 is 0 Å². The Balaban J connectivity index is 1.81. The largest absolute Gasteiger partial charge is 0.264 e. The van der Waals surface area contributed by atoms with Gasteiger partial charge in [-0.05, 0) is 55.7 Å². The molecule has 0 N–H and O–H groups in total. The third-order valence-electron chi connectivity index (χ3n) is 7.40. The first-order valence-corrected chi connectivity index (χ1v) is 13.8. The maximum atomic E-state index is 5.17. The van der Waals surface area contributed by atoms with Crippen LogP contribution in [0.25, 0.3) is 32.7 Å². The van der Waals surface area contributed by atoms with Gasteiger partial charge >= 0.3 is 0 Å². The molecule has 0 fully saturated rings. The lowest BCUT2D eigenvalue weighted by Crippen LogP contribution is -2.73. The van der Waals surface area contributed by atoms with Gasteiger partial charge in [-0.25, -0.2) is 0 Å². The highest BCUT2D eigenvalue weighted by atomic mass is 28.3. The third kappa shape index (κ3) is 2.46. The Hall–Kier alpha value is -4.01. The number of hydrogen-bond acceptors (Lipinski definition) is 1. The van der Waals surface area contributed by atoms with Crippen molar-refractivity contribution in [2.45, 2.75) is 6.92 Å². The molecule has 1 aliphatic rings. The molecule has 5 aromatic carbocycles. The van der Waals surface area contributed by atoms with Gasteiger partial charge in [0.1, 0.15) is 0 Å². The van der Waals surface area contributed by atoms with Crippen molar-refractivity contribution in [1.82, 2.24) is 4.98 Å². The standard InChI is InChI=1S/C32H23NSi/c1-22-18-19-27-29(21-22)25-15-8-9-16-26(25)30-28-17-10-20-33-32(28)34(31(27)30,23-11-4-2-5-12-23)24-13-6-3-7-14-24/h2-21H,1H3. The van der Waals surface area contributed by atoms with E-state index in [2.05, 4.69) is 122 Å². The molecule has 1 aliphatic heterocycles. The number of nitrogens with zero attached hydrogens (tertiary/aromatic N) is 1. The van der Waals surface area contributed by atoms with Crippen LogP contribution in [0.4, 0.5) is 0 Å². The van der Waals surface area contributed by atoms with Gasteiger partial charge in [0, 0.05) is 17.1 Å². The molecular weight excluding hydrogens is 426 g/mol. The van der Waals surface area contributed by atoms with Gasteiger partial charge in [-0.15, -0.1) is 0 Å². The van der Waals surface area contributed by atoms with Crippen LogP contribution in [0.3, 0.4) is 0 Å². The zero-order valence-corrected chi connectivity index (χ0v) is 20.0. The molecule has 0 unspecified atom stereocenters. The maximum absolute atomic E-state index is 5.17. The van der Waals surface area contributed by atoms with E-state index in [9.17, 15) is 0 Å². The normalized spacial score (nSPS) is 13.7. The molecule has 0 aliphatic carbocycles. The third-order valence-corrected chi connectivity index (χ3v) is 12.2. The van der Waals surface area contributed by atoms with E-state index in [4.69, 9.17) is 4.98 Å². The highest BCUT2D eigenvalue weighted by Crippen LogP contribution is 2.39. The number of rotatable bonds is 2. The summed E-state index contributed by atoms with van der Waals surface area (Å²) in [6.07, 6.45) is 1.98. The van der Waals surface area contributed by atoms with Crippen LogP contribution < -0.4 is 20.9 Å². The lowest BCUT2D eigenvalue weighted by atomic mass is 9.93. The van der Waals surface area contributed by atoms with Crippen LogP contribution in [0.1, 0.15) is 5.56 Å². The summed E-state index contributed by atoms with van der Waals surface area (Å²) in [5.74, 6) is 0. The summed E-state index contributed by atoms with van der Waals surface area (Å²) in [7, 11) is -2.64. The fourth-order valence-corrected chi connectivity index (χ4v) is 11.3. The Morgan fingerprint density at radius 2 is 1.21 bits per heavy atom. The molecule has 34 heavy (non-hydrogen) atoms. The fourth-order valence-electron chi connectivity index (χ4n) is 6.10. The second kappa shape index (κ2) is 7.24. The van der Waals surface area contributed by atoms with Crippen molar-refractivity contribution >= 4 is 50.5 Å². The molecule has 7 rings (SSSR count). The Morgan fingerprint density at radius 1 is 0.559 bits per heavy atom. The highest BCUT2D eigenvalue weighted by Gasteiger charge is 2.51. The molecule has 0 bridgehead atoms. The van der Waals surface area contributed by atoms with Crippen LogP contribution in [-0.4, -0.2) is 13.1 Å². The summed E-state index contributed by atoms with van der Waals surface area (Å²) in [6, 6.07) is 42.5. The molecular formula is C32H23NSi. The summed E-state index contributed by atoms with van der Waals surface area (Å²) in [6.45, 7) is 2.19. The molecule has 6 aromatic rings. The number of aryl methyl sites for hydroxylation is 1. The predicted molar refractivity (Wildman–Crippen MR) is 147 cm³/mol. The number of hydrogen-bond donors (Lipinski definition) is 0. The maximum Gasteiger partial charge on any atom is 0.203 e. The molecule has 2 heteroatoms. The SMILES string of the molecule is Cc1ccc2c3c(c4ccccc4c2c1)-c1cccnc1[Si]3(c1ccccc1)c1ccccc1. The molecule has 1 aromatic heterocycles. The van der Waals surface area contributed by atoms with E-state index in [1.807, 2.05) is 6.20 Å². The monoisotopic (exact) mass is 449 g/mol. The van der Waals surface area contributed by atoms with Gasteiger partial charge in [0.15, 0.2) is 0 Å². The summed E-state index contributed by atoms with van der Waals surface area (Å²) in [4.78, 5) is 5.17. The van der Waals surface area contributed by atoms with E-state index < -0.39 is 8.07 Å². The Morgan fingerprint density at radius 3 is 1.91 bits per heavy atom. The molecule has 0 radical (unpaired) electrons. The molecule has 0 spiro atoms. The first kappa shape index (κ1) is 19.5. The predicted octanol–water partition coefficient (Wildman–Crippen LogP) is 5.05. The first-order valence-electron chi connectivity index (χ1n) is 11.8. The average molecular weight is 450 g/mol. The van der Waals surface area contributed by atoms with Crippen molar-refractivity contribution in [3.63, 3.8) is 0 Å². The van der Waals surface area contributed by atoms with Gasteiger partial charge in [-0.2, -0.15) is 0 Å². The van der Waals surface area contributed by atoms with Crippen LogP contribution in [0.15, 0.2) is 121 Å². The lowest BCUT2D eigenvalue weighted by Gasteiger charge is -2.31. The number of pyridine rings is 1. The summed E-state index contributed by atoms with van der Waals surface area (Å²) in [5, 5.41) is 10.8. The van der Waals surface area contributed by atoms with E-state index in [-0.39, 0.29) is 0 Å². The minimum absolute atomic E-state index is 1.25. The Kier molecular flexibility index (Phi) is 4.14. The van der Waals surface area contributed by atoms with Crippen molar-refractivity contribution in [3.05, 3.63) is 127 Å². The van der Waals surface area contributed by atoms with E-state index >= 15 is 0 Å². The molecule has 0 amide bonds. The number of benzene rings is 5. The van der Waals surface area contributed by atoms with Crippen LogP contribution in [0.2, 0.25) is 0 Å². The van der Waals surface area contributed by atoms with Crippen LogP contribution in [0.5, 0.6) is 0 Å².